The van der Waals surface area contributed by atoms with E-state index in [9.17, 15) is 4.79 Å². The van der Waals surface area contributed by atoms with Crippen molar-refractivity contribution in [2.75, 3.05) is 13.4 Å². The fourth-order valence-electron chi connectivity index (χ4n) is 1.47. The van der Waals surface area contributed by atoms with Gasteiger partial charge in [0.25, 0.3) is 0 Å². The number of ether oxygens (including phenoxy) is 2. The first-order chi connectivity index (χ1) is 9.22. The van der Waals surface area contributed by atoms with E-state index in [2.05, 4.69) is 9.72 Å². The van der Waals surface area contributed by atoms with Gasteiger partial charge in [0.15, 0.2) is 0 Å². The van der Waals surface area contributed by atoms with Gasteiger partial charge in [-0.2, -0.15) is 0 Å². The number of carbonyl (C=O) groups excluding carboxylic acids is 1. The first-order valence-electron chi connectivity index (χ1n) is 5.59. The van der Waals surface area contributed by atoms with E-state index >= 15 is 0 Å². The summed E-state index contributed by atoms with van der Waals surface area (Å²) in [5.74, 6) is 0.783. The number of esters is 1. The van der Waals surface area contributed by atoms with Crippen molar-refractivity contribution in [3.63, 3.8) is 0 Å². The normalized spacial score (nSPS) is 10.0. The molecule has 0 spiro atoms. The van der Waals surface area contributed by atoms with Crippen LogP contribution in [0.15, 0.2) is 47.5 Å². The highest BCUT2D eigenvalue weighted by Crippen LogP contribution is 2.23. The Morgan fingerprint density at radius 3 is 2.58 bits per heavy atom. The van der Waals surface area contributed by atoms with Crippen LogP contribution in [0.4, 0.5) is 0 Å². The van der Waals surface area contributed by atoms with Crippen molar-refractivity contribution in [3.05, 3.63) is 48.2 Å². The van der Waals surface area contributed by atoms with Crippen LogP contribution in [0.5, 0.6) is 11.6 Å². The van der Waals surface area contributed by atoms with Gasteiger partial charge in [-0.1, -0.05) is 0 Å². The highest BCUT2D eigenvalue weighted by molar-refractivity contribution is 7.98. The van der Waals surface area contributed by atoms with Gasteiger partial charge >= 0.3 is 5.97 Å². The van der Waals surface area contributed by atoms with Crippen molar-refractivity contribution in [2.45, 2.75) is 4.90 Å². The van der Waals surface area contributed by atoms with Gasteiger partial charge in [-0.05, 0) is 36.6 Å². The van der Waals surface area contributed by atoms with Crippen LogP contribution in [0, 0.1) is 0 Å². The Balaban J connectivity index is 2.12. The van der Waals surface area contributed by atoms with E-state index in [-0.39, 0.29) is 5.97 Å². The summed E-state index contributed by atoms with van der Waals surface area (Å²) in [7, 11) is 1.35. The van der Waals surface area contributed by atoms with Crippen LogP contribution >= 0.6 is 11.8 Å². The predicted molar refractivity (Wildman–Crippen MR) is 73.9 cm³/mol. The lowest BCUT2D eigenvalue weighted by Crippen LogP contribution is -2.00. The first-order valence-corrected chi connectivity index (χ1v) is 6.81. The number of hydrogen-bond acceptors (Lipinski definition) is 5. The Hall–Kier alpha value is -2.01. The molecule has 0 saturated heterocycles. The van der Waals surface area contributed by atoms with Crippen molar-refractivity contribution in [2.24, 2.45) is 0 Å². The molecule has 0 aliphatic heterocycles. The molecule has 1 aromatic carbocycles. The lowest BCUT2D eigenvalue weighted by Gasteiger charge is -2.06. The molecule has 0 amide bonds. The van der Waals surface area contributed by atoms with Crippen molar-refractivity contribution in [1.29, 1.82) is 0 Å². The van der Waals surface area contributed by atoms with Crippen LogP contribution in [0.25, 0.3) is 0 Å². The minimum atomic E-state index is -0.367. The SMILES string of the molecule is COC(=O)c1ccc(Oc2cc(SC)ccn2)cc1. The highest BCUT2D eigenvalue weighted by atomic mass is 32.2. The van der Waals surface area contributed by atoms with Crippen molar-refractivity contribution >= 4 is 17.7 Å². The van der Waals surface area contributed by atoms with Crippen molar-refractivity contribution in [1.82, 2.24) is 4.98 Å². The van der Waals surface area contributed by atoms with Gasteiger partial charge in [0.2, 0.25) is 5.88 Å². The Labute approximate surface area is 115 Å². The zero-order chi connectivity index (χ0) is 13.7. The fourth-order valence-corrected chi connectivity index (χ4v) is 1.89. The molecule has 2 rings (SSSR count). The number of pyridine rings is 1. The lowest BCUT2D eigenvalue weighted by atomic mass is 10.2. The number of rotatable bonds is 4. The molecular weight excluding hydrogens is 262 g/mol. The third-order valence-corrected chi connectivity index (χ3v) is 3.17. The van der Waals surface area contributed by atoms with Gasteiger partial charge in [-0.3, -0.25) is 0 Å². The molecule has 0 bridgehead atoms. The van der Waals surface area contributed by atoms with Gasteiger partial charge < -0.3 is 9.47 Å². The Morgan fingerprint density at radius 1 is 1.21 bits per heavy atom. The van der Waals surface area contributed by atoms with Crippen LogP contribution in [-0.2, 0) is 4.74 Å². The van der Waals surface area contributed by atoms with E-state index in [1.54, 1.807) is 42.2 Å². The molecule has 1 aromatic heterocycles. The number of hydrogen-bond donors (Lipinski definition) is 0. The van der Waals surface area contributed by atoms with Crippen LogP contribution in [0.3, 0.4) is 0 Å². The molecule has 0 fully saturated rings. The maximum absolute atomic E-state index is 11.3. The maximum Gasteiger partial charge on any atom is 0.337 e. The third kappa shape index (κ3) is 3.48. The standard InChI is InChI=1S/C14H13NO3S/c1-17-14(16)10-3-5-11(6-4-10)18-13-9-12(19-2)7-8-15-13/h3-9H,1-2H3. The molecule has 0 radical (unpaired) electrons. The largest absolute Gasteiger partial charge is 0.465 e. The smallest absolute Gasteiger partial charge is 0.337 e. The molecule has 4 nitrogen and oxygen atoms in total. The highest BCUT2D eigenvalue weighted by Gasteiger charge is 2.05. The molecular formula is C14H13NO3S. The quantitative estimate of drug-likeness (QED) is 0.632. The van der Waals surface area contributed by atoms with E-state index in [0.29, 0.717) is 17.2 Å². The summed E-state index contributed by atoms with van der Waals surface area (Å²) in [6.45, 7) is 0. The van der Waals surface area contributed by atoms with Crippen LogP contribution < -0.4 is 4.74 Å². The van der Waals surface area contributed by atoms with Crippen LogP contribution in [0.2, 0.25) is 0 Å². The molecule has 0 aliphatic carbocycles. The number of aromatic nitrogens is 1. The number of nitrogens with zero attached hydrogens (tertiary/aromatic N) is 1. The minimum absolute atomic E-state index is 0.367. The average Bonchev–Trinajstić information content (AvgIpc) is 2.47. The number of thioether (sulfide) groups is 1. The monoisotopic (exact) mass is 275 g/mol. The van der Waals surface area contributed by atoms with Gasteiger partial charge in [-0.25, -0.2) is 9.78 Å². The zero-order valence-electron chi connectivity index (χ0n) is 10.6. The maximum atomic E-state index is 11.3. The van der Waals surface area contributed by atoms with Crippen molar-refractivity contribution < 1.29 is 14.3 Å². The second-order valence-corrected chi connectivity index (χ2v) is 4.53. The molecule has 98 valence electrons. The summed E-state index contributed by atoms with van der Waals surface area (Å²) in [5, 5.41) is 0. The van der Waals surface area contributed by atoms with Crippen molar-refractivity contribution in [3.8, 4) is 11.6 Å². The Morgan fingerprint density at radius 2 is 1.95 bits per heavy atom. The summed E-state index contributed by atoms with van der Waals surface area (Å²) in [5.41, 5.74) is 0.487. The number of benzene rings is 1. The molecule has 0 unspecified atom stereocenters. The summed E-state index contributed by atoms with van der Waals surface area (Å²) in [6.07, 6.45) is 3.69. The second-order valence-electron chi connectivity index (χ2n) is 3.65. The van der Waals surface area contributed by atoms with E-state index < -0.39 is 0 Å². The summed E-state index contributed by atoms with van der Waals surface area (Å²) < 4.78 is 10.2. The number of carbonyl (C=O) groups is 1. The van der Waals surface area contributed by atoms with E-state index in [1.807, 2.05) is 18.4 Å². The van der Waals surface area contributed by atoms with Gasteiger partial charge in [-0.15, -0.1) is 11.8 Å². The third-order valence-electron chi connectivity index (χ3n) is 2.44. The van der Waals surface area contributed by atoms with E-state index in [1.165, 1.54) is 7.11 Å². The summed E-state index contributed by atoms with van der Waals surface area (Å²) in [4.78, 5) is 16.5. The molecule has 0 saturated carbocycles. The second kappa shape index (κ2) is 6.24. The number of methoxy groups -OCH3 is 1. The Bertz CT molecular complexity index is 569. The molecule has 19 heavy (non-hydrogen) atoms. The fraction of sp³-hybridized carbons (Fsp3) is 0.143. The van der Waals surface area contributed by atoms with Gasteiger partial charge in [0.1, 0.15) is 5.75 Å². The molecule has 1 heterocycles. The molecule has 2 aromatic rings. The lowest BCUT2D eigenvalue weighted by molar-refractivity contribution is 0.0600. The first kappa shape index (κ1) is 13.4. The molecule has 0 N–H and O–H groups in total. The molecule has 0 aliphatic rings. The summed E-state index contributed by atoms with van der Waals surface area (Å²) >= 11 is 1.62. The van der Waals surface area contributed by atoms with E-state index in [4.69, 9.17) is 4.74 Å². The van der Waals surface area contributed by atoms with Crippen LogP contribution in [0.1, 0.15) is 10.4 Å². The topological polar surface area (TPSA) is 48.4 Å². The van der Waals surface area contributed by atoms with Gasteiger partial charge in [0, 0.05) is 17.2 Å². The van der Waals surface area contributed by atoms with Crippen LogP contribution in [-0.4, -0.2) is 24.3 Å². The minimum Gasteiger partial charge on any atom is -0.465 e. The molecule has 0 atom stereocenters. The molecule has 5 heteroatoms. The van der Waals surface area contributed by atoms with E-state index in [0.717, 1.165) is 4.90 Å². The predicted octanol–water partition coefficient (Wildman–Crippen LogP) is 3.38. The Kier molecular flexibility index (Phi) is 4.41. The van der Waals surface area contributed by atoms with Gasteiger partial charge in [0.05, 0.1) is 12.7 Å². The summed E-state index contributed by atoms with van der Waals surface area (Å²) in [6, 6.07) is 10.5. The zero-order valence-corrected chi connectivity index (χ0v) is 11.4. The average molecular weight is 275 g/mol.